The van der Waals surface area contributed by atoms with E-state index in [4.69, 9.17) is 11.6 Å². The lowest BCUT2D eigenvalue weighted by atomic mass is 10.2. The van der Waals surface area contributed by atoms with Crippen LogP contribution in [-0.2, 0) is 13.0 Å². The molecule has 1 fully saturated rings. The summed E-state index contributed by atoms with van der Waals surface area (Å²) in [6, 6.07) is 5.40. The quantitative estimate of drug-likeness (QED) is 0.884. The highest BCUT2D eigenvalue weighted by Gasteiger charge is 2.22. The number of nitrogens with zero attached hydrogens (tertiary/aromatic N) is 1. The van der Waals surface area contributed by atoms with Crippen molar-refractivity contribution in [3.05, 3.63) is 39.6 Å². The van der Waals surface area contributed by atoms with Crippen LogP contribution in [0.5, 0.6) is 0 Å². The summed E-state index contributed by atoms with van der Waals surface area (Å²) in [5.41, 5.74) is 1.46. The van der Waals surface area contributed by atoms with E-state index in [-0.39, 0.29) is 5.82 Å². The molecule has 1 aromatic carbocycles. The van der Waals surface area contributed by atoms with Gasteiger partial charge in [0.2, 0.25) is 0 Å². The zero-order valence-electron chi connectivity index (χ0n) is 11.2. The number of benzene rings is 1. The van der Waals surface area contributed by atoms with Gasteiger partial charge in [0.15, 0.2) is 0 Å². The van der Waals surface area contributed by atoms with Crippen LogP contribution in [0.4, 0.5) is 4.39 Å². The molecular formula is C15H16ClFN2S. The molecule has 0 saturated heterocycles. The molecule has 0 radical (unpaired) electrons. The van der Waals surface area contributed by atoms with Crippen molar-refractivity contribution in [1.82, 2.24) is 10.3 Å². The highest BCUT2D eigenvalue weighted by Crippen LogP contribution is 2.35. The van der Waals surface area contributed by atoms with Gasteiger partial charge in [0.25, 0.3) is 0 Å². The number of aromatic nitrogens is 1. The molecule has 1 aromatic heterocycles. The van der Waals surface area contributed by atoms with Crippen LogP contribution in [0.3, 0.4) is 0 Å². The van der Waals surface area contributed by atoms with Crippen LogP contribution >= 0.6 is 22.9 Å². The maximum Gasteiger partial charge on any atom is 0.134 e. The summed E-state index contributed by atoms with van der Waals surface area (Å²) in [5, 5.41) is 4.58. The van der Waals surface area contributed by atoms with Gasteiger partial charge in [-0.05, 0) is 31.4 Å². The fourth-order valence-electron chi connectivity index (χ4n) is 2.13. The topological polar surface area (TPSA) is 24.9 Å². The number of hydrogen-bond acceptors (Lipinski definition) is 3. The summed E-state index contributed by atoms with van der Waals surface area (Å²) in [5.74, 6) is -0.310. The molecule has 106 valence electrons. The Kier molecular flexibility index (Phi) is 4.06. The zero-order valence-corrected chi connectivity index (χ0v) is 12.8. The third-order valence-electron chi connectivity index (χ3n) is 3.42. The van der Waals surface area contributed by atoms with Crippen LogP contribution in [-0.4, -0.2) is 11.0 Å². The molecule has 0 amide bonds. The monoisotopic (exact) mass is 310 g/mol. The number of thiazole rings is 1. The number of nitrogens with one attached hydrogen (secondary N) is 1. The molecule has 1 N–H and O–H groups in total. The third-order valence-corrected chi connectivity index (χ3v) is 4.85. The van der Waals surface area contributed by atoms with Gasteiger partial charge in [-0.25, -0.2) is 9.37 Å². The van der Waals surface area contributed by atoms with Crippen LogP contribution in [0.25, 0.3) is 10.6 Å². The van der Waals surface area contributed by atoms with Gasteiger partial charge in [0.05, 0.1) is 16.3 Å². The molecule has 0 aliphatic heterocycles. The molecule has 3 rings (SSSR count). The second-order valence-electron chi connectivity index (χ2n) is 4.99. The van der Waals surface area contributed by atoms with Gasteiger partial charge in [-0.2, -0.15) is 0 Å². The van der Waals surface area contributed by atoms with Crippen molar-refractivity contribution in [3.63, 3.8) is 0 Å². The SMILES string of the molecule is CCc1nc(-c2c(F)cccc2Cl)sc1CNC1CC1. The first kappa shape index (κ1) is 14.0. The van der Waals surface area contributed by atoms with Crippen molar-refractivity contribution in [2.75, 3.05) is 0 Å². The highest BCUT2D eigenvalue weighted by atomic mass is 35.5. The molecule has 0 spiro atoms. The lowest BCUT2D eigenvalue weighted by Gasteiger charge is -2.01. The average Bonchev–Trinajstić information content (AvgIpc) is 3.17. The van der Waals surface area contributed by atoms with Crippen molar-refractivity contribution >= 4 is 22.9 Å². The predicted octanol–water partition coefficient (Wildman–Crippen LogP) is 4.42. The standard InChI is InChI=1S/C15H16ClFN2S/c1-2-12-13(8-18-9-6-7-9)20-15(19-12)14-10(16)4-3-5-11(14)17/h3-5,9,18H,2,6-8H2,1H3. The summed E-state index contributed by atoms with van der Waals surface area (Å²) >= 11 is 7.65. The number of halogens is 2. The first-order chi connectivity index (χ1) is 9.69. The smallest absolute Gasteiger partial charge is 0.134 e. The van der Waals surface area contributed by atoms with Crippen molar-refractivity contribution in [3.8, 4) is 10.6 Å². The Balaban J connectivity index is 1.93. The minimum Gasteiger partial charge on any atom is -0.309 e. The van der Waals surface area contributed by atoms with Crippen LogP contribution in [0.1, 0.15) is 30.3 Å². The molecule has 5 heteroatoms. The van der Waals surface area contributed by atoms with E-state index in [9.17, 15) is 4.39 Å². The Morgan fingerprint density at radius 3 is 2.90 bits per heavy atom. The van der Waals surface area contributed by atoms with Gasteiger partial charge >= 0.3 is 0 Å². The lowest BCUT2D eigenvalue weighted by molar-refractivity contribution is 0.631. The fraction of sp³-hybridized carbons (Fsp3) is 0.400. The van der Waals surface area contributed by atoms with Crippen LogP contribution in [0.2, 0.25) is 5.02 Å². The van der Waals surface area contributed by atoms with E-state index in [1.54, 1.807) is 12.1 Å². The van der Waals surface area contributed by atoms with Crippen molar-refractivity contribution < 1.29 is 4.39 Å². The Morgan fingerprint density at radius 1 is 1.45 bits per heavy atom. The molecule has 0 bridgehead atoms. The Morgan fingerprint density at radius 2 is 2.25 bits per heavy atom. The maximum absolute atomic E-state index is 14.0. The van der Waals surface area contributed by atoms with Crippen LogP contribution in [0.15, 0.2) is 18.2 Å². The molecule has 1 heterocycles. The molecule has 1 aliphatic carbocycles. The van der Waals surface area contributed by atoms with Gasteiger partial charge in [-0.3, -0.25) is 0 Å². The zero-order chi connectivity index (χ0) is 14.1. The number of rotatable bonds is 5. The van der Waals surface area contributed by atoms with Gasteiger partial charge in [-0.1, -0.05) is 24.6 Å². The van der Waals surface area contributed by atoms with Gasteiger partial charge in [0, 0.05) is 17.5 Å². The second kappa shape index (κ2) is 5.80. The minimum atomic E-state index is -0.310. The molecule has 20 heavy (non-hydrogen) atoms. The molecular weight excluding hydrogens is 295 g/mol. The maximum atomic E-state index is 14.0. The van der Waals surface area contributed by atoms with E-state index in [0.717, 1.165) is 18.7 Å². The highest BCUT2D eigenvalue weighted by molar-refractivity contribution is 7.15. The van der Waals surface area contributed by atoms with Crippen molar-refractivity contribution in [2.45, 2.75) is 38.8 Å². The molecule has 2 nitrogen and oxygen atoms in total. The van der Waals surface area contributed by atoms with E-state index in [1.807, 2.05) is 0 Å². The van der Waals surface area contributed by atoms with E-state index in [1.165, 1.54) is 35.1 Å². The largest absolute Gasteiger partial charge is 0.309 e. The summed E-state index contributed by atoms with van der Waals surface area (Å²) in [6.07, 6.45) is 3.36. The first-order valence-corrected chi connectivity index (χ1v) is 8.04. The number of aryl methyl sites for hydroxylation is 1. The van der Waals surface area contributed by atoms with Crippen LogP contribution in [0, 0.1) is 5.82 Å². The third kappa shape index (κ3) is 2.87. The van der Waals surface area contributed by atoms with Gasteiger partial charge in [0.1, 0.15) is 10.8 Å². The van der Waals surface area contributed by atoms with Crippen molar-refractivity contribution in [2.24, 2.45) is 0 Å². The van der Waals surface area contributed by atoms with Gasteiger partial charge in [-0.15, -0.1) is 11.3 Å². The molecule has 1 saturated carbocycles. The molecule has 2 aromatic rings. The average molecular weight is 311 g/mol. The summed E-state index contributed by atoms with van der Waals surface area (Å²) in [7, 11) is 0. The minimum absolute atomic E-state index is 0.310. The van der Waals surface area contributed by atoms with E-state index < -0.39 is 0 Å². The Hall–Kier alpha value is -0.970. The Bertz CT molecular complexity index is 602. The summed E-state index contributed by atoms with van der Waals surface area (Å²) in [4.78, 5) is 5.76. The molecule has 0 unspecified atom stereocenters. The van der Waals surface area contributed by atoms with E-state index in [0.29, 0.717) is 21.6 Å². The fourth-order valence-corrected chi connectivity index (χ4v) is 3.60. The molecule has 0 atom stereocenters. The van der Waals surface area contributed by atoms with Crippen LogP contribution < -0.4 is 5.32 Å². The van der Waals surface area contributed by atoms with E-state index >= 15 is 0 Å². The normalized spacial score (nSPS) is 14.8. The predicted molar refractivity (Wildman–Crippen MR) is 81.8 cm³/mol. The Labute approximate surface area is 127 Å². The first-order valence-electron chi connectivity index (χ1n) is 6.85. The summed E-state index contributed by atoms with van der Waals surface area (Å²) in [6.45, 7) is 2.89. The lowest BCUT2D eigenvalue weighted by Crippen LogP contribution is -2.15. The van der Waals surface area contributed by atoms with E-state index in [2.05, 4.69) is 17.2 Å². The van der Waals surface area contributed by atoms with Crippen molar-refractivity contribution in [1.29, 1.82) is 0 Å². The second-order valence-corrected chi connectivity index (χ2v) is 6.49. The van der Waals surface area contributed by atoms with Gasteiger partial charge < -0.3 is 5.32 Å². The summed E-state index contributed by atoms with van der Waals surface area (Å²) < 4.78 is 14.0. The number of hydrogen-bond donors (Lipinski definition) is 1. The molecule has 1 aliphatic rings.